The van der Waals surface area contributed by atoms with Gasteiger partial charge >= 0.3 is 0 Å². The Morgan fingerprint density at radius 2 is 2.24 bits per heavy atom. The monoisotopic (exact) mass is 257 g/mol. The van der Waals surface area contributed by atoms with E-state index in [0.29, 0.717) is 12.4 Å². The standard InChI is InChI=1S/C11H12ClNO4/c1-3-17-8-4-5-10(13(15)16)9(6-8)11(12)7(2)14/h4-6,11H,3H2,1-2H3. The van der Waals surface area contributed by atoms with Crippen molar-refractivity contribution < 1.29 is 14.5 Å². The van der Waals surface area contributed by atoms with Gasteiger partial charge in [-0.15, -0.1) is 11.6 Å². The summed E-state index contributed by atoms with van der Waals surface area (Å²) in [6.07, 6.45) is 0. The van der Waals surface area contributed by atoms with E-state index in [9.17, 15) is 14.9 Å². The van der Waals surface area contributed by atoms with Crippen LogP contribution in [0.1, 0.15) is 24.8 Å². The lowest BCUT2D eigenvalue weighted by Crippen LogP contribution is -2.06. The van der Waals surface area contributed by atoms with Gasteiger partial charge in [0.1, 0.15) is 11.1 Å². The topological polar surface area (TPSA) is 69.4 Å². The molecule has 0 aliphatic rings. The predicted molar refractivity (Wildman–Crippen MR) is 63.5 cm³/mol. The highest BCUT2D eigenvalue weighted by atomic mass is 35.5. The molecule has 0 saturated carbocycles. The summed E-state index contributed by atoms with van der Waals surface area (Å²) in [4.78, 5) is 21.4. The van der Waals surface area contributed by atoms with Gasteiger partial charge in [-0.2, -0.15) is 0 Å². The summed E-state index contributed by atoms with van der Waals surface area (Å²) in [5.74, 6) is 0.114. The molecule has 0 bridgehead atoms. The molecular weight excluding hydrogens is 246 g/mol. The number of hydrogen-bond acceptors (Lipinski definition) is 4. The van der Waals surface area contributed by atoms with Gasteiger partial charge in [0.25, 0.3) is 5.69 Å². The minimum atomic E-state index is -1.03. The number of benzene rings is 1. The Hall–Kier alpha value is -1.62. The van der Waals surface area contributed by atoms with Crippen LogP contribution in [0, 0.1) is 10.1 Å². The van der Waals surface area contributed by atoms with Gasteiger partial charge in [-0.25, -0.2) is 0 Å². The van der Waals surface area contributed by atoms with Gasteiger partial charge < -0.3 is 4.74 Å². The van der Waals surface area contributed by atoms with Crippen molar-refractivity contribution in [2.45, 2.75) is 19.2 Å². The largest absolute Gasteiger partial charge is 0.494 e. The van der Waals surface area contributed by atoms with Crippen LogP contribution in [0.2, 0.25) is 0 Å². The Kier molecular flexibility index (Phi) is 4.45. The number of nitrogens with zero attached hydrogens (tertiary/aromatic N) is 1. The molecule has 0 fully saturated rings. The van der Waals surface area contributed by atoms with Gasteiger partial charge in [0.2, 0.25) is 0 Å². The summed E-state index contributed by atoms with van der Waals surface area (Å²) in [6.45, 7) is 3.52. The number of alkyl halides is 1. The molecule has 17 heavy (non-hydrogen) atoms. The van der Waals surface area contributed by atoms with Crippen LogP contribution >= 0.6 is 11.6 Å². The molecule has 5 nitrogen and oxygen atoms in total. The first-order valence-electron chi connectivity index (χ1n) is 5.03. The zero-order chi connectivity index (χ0) is 13.0. The lowest BCUT2D eigenvalue weighted by Gasteiger charge is -2.09. The van der Waals surface area contributed by atoms with Crippen molar-refractivity contribution in [3.63, 3.8) is 0 Å². The maximum Gasteiger partial charge on any atom is 0.274 e. The minimum Gasteiger partial charge on any atom is -0.494 e. The van der Waals surface area contributed by atoms with Crippen molar-refractivity contribution >= 4 is 23.1 Å². The Balaban J connectivity index is 3.24. The van der Waals surface area contributed by atoms with E-state index in [4.69, 9.17) is 16.3 Å². The van der Waals surface area contributed by atoms with Gasteiger partial charge in [-0.05, 0) is 26.0 Å². The SMILES string of the molecule is CCOc1ccc([N+](=O)[O-])c(C(Cl)C(C)=O)c1. The van der Waals surface area contributed by atoms with Crippen LogP contribution in [0.15, 0.2) is 18.2 Å². The molecule has 0 N–H and O–H groups in total. The highest BCUT2D eigenvalue weighted by Gasteiger charge is 2.24. The molecule has 0 aromatic heterocycles. The lowest BCUT2D eigenvalue weighted by molar-refractivity contribution is -0.385. The zero-order valence-corrected chi connectivity index (χ0v) is 10.2. The molecule has 0 aliphatic carbocycles. The summed E-state index contributed by atoms with van der Waals surface area (Å²) in [5, 5.41) is 9.78. The van der Waals surface area contributed by atoms with E-state index in [0.717, 1.165) is 0 Å². The number of ether oxygens (including phenoxy) is 1. The van der Waals surface area contributed by atoms with Gasteiger partial charge in [0, 0.05) is 6.07 Å². The molecule has 0 aliphatic heterocycles. The Bertz CT molecular complexity index is 447. The van der Waals surface area contributed by atoms with Crippen molar-refractivity contribution in [1.82, 2.24) is 0 Å². The second-order valence-electron chi connectivity index (χ2n) is 3.38. The third kappa shape index (κ3) is 3.17. The Morgan fingerprint density at radius 1 is 1.59 bits per heavy atom. The van der Waals surface area contributed by atoms with Gasteiger partial charge in [0.15, 0.2) is 5.78 Å². The number of rotatable bonds is 5. The summed E-state index contributed by atoms with van der Waals surface area (Å²) in [6, 6.07) is 4.20. The number of ketones is 1. The summed E-state index contributed by atoms with van der Waals surface area (Å²) >= 11 is 5.85. The van der Waals surface area contributed by atoms with Crippen LogP contribution in [0.4, 0.5) is 5.69 Å². The molecule has 0 radical (unpaired) electrons. The Labute approximate surface area is 103 Å². The third-order valence-electron chi connectivity index (χ3n) is 2.14. The molecule has 0 saturated heterocycles. The number of Topliss-reactive ketones (excluding diaryl/α,β-unsaturated/α-hetero) is 1. The van der Waals surface area contributed by atoms with Gasteiger partial charge in [-0.3, -0.25) is 14.9 Å². The zero-order valence-electron chi connectivity index (χ0n) is 9.47. The van der Waals surface area contributed by atoms with Crippen molar-refractivity contribution in [2.75, 3.05) is 6.61 Å². The molecule has 1 atom stereocenters. The second-order valence-corrected chi connectivity index (χ2v) is 3.82. The molecule has 0 spiro atoms. The fraction of sp³-hybridized carbons (Fsp3) is 0.364. The number of carbonyl (C=O) groups is 1. The maximum absolute atomic E-state index is 11.2. The van der Waals surface area contributed by atoms with E-state index in [1.807, 2.05) is 0 Å². The molecule has 0 amide bonds. The molecule has 1 aromatic rings. The summed E-state index contributed by atoms with van der Waals surface area (Å²) in [7, 11) is 0. The van der Waals surface area contributed by atoms with Crippen LogP contribution in [-0.2, 0) is 4.79 Å². The number of nitro benzene ring substituents is 1. The highest BCUT2D eigenvalue weighted by Crippen LogP contribution is 2.33. The molecule has 1 unspecified atom stereocenters. The highest BCUT2D eigenvalue weighted by molar-refractivity contribution is 6.31. The van der Waals surface area contributed by atoms with E-state index >= 15 is 0 Å². The van der Waals surface area contributed by atoms with Crippen LogP contribution in [0.3, 0.4) is 0 Å². The predicted octanol–water partition coefficient (Wildman–Crippen LogP) is 2.86. The number of nitro groups is 1. The third-order valence-corrected chi connectivity index (χ3v) is 2.68. The lowest BCUT2D eigenvalue weighted by atomic mass is 10.1. The van der Waals surface area contributed by atoms with Crippen molar-refractivity contribution in [3.8, 4) is 5.75 Å². The fourth-order valence-corrected chi connectivity index (χ4v) is 1.55. The number of hydrogen-bond donors (Lipinski definition) is 0. The Morgan fingerprint density at radius 3 is 2.71 bits per heavy atom. The minimum absolute atomic E-state index is 0.162. The number of halogens is 1. The maximum atomic E-state index is 11.2. The average molecular weight is 258 g/mol. The molecule has 92 valence electrons. The first-order valence-corrected chi connectivity index (χ1v) is 5.46. The smallest absolute Gasteiger partial charge is 0.274 e. The normalized spacial score (nSPS) is 11.9. The van der Waals surface area contributed by atoms with Crippen molar-refractivity contribution in [2.24, 2.45) is 0 Å². The quantitative estimate of drug-likeness (QED) is 0.462. The first kappa shape index (κ1) is 13.4. The van der Waals surface area contributed by atoms with Crippen molar-refractivity contribution in [3.05, 3.63) is 33.9 Å². The summed E-state index contributed by atoms with van der Waals surface area (Å²) < 4.78 is 5.22. The fourth-order valence-electron chi connectivity index (χ4n) is 1.38. The van der Waals surface area contributed by atoms with Gasteiger partial charge in [0.05, 0.1) is 17.1 Å². The first-order chi connectivity index (χ1) is 7.97. The molecule has 1 rings (SSSR count). The molecular formula is C11H12ClNO4. The summed E-state index contributed by atoms with van der Waals surface area (Å²) in [5.41, 5.74) is -0.0150. The van der Waals surface area contributed by atoms with Crippen LogP contribution < -0.4 is 4.74 Å². The molecule has 0 heterocycles. The van der Waals surface area contributed by atoms with Crippen LogP contribution in [-0.4, -0.2) is 17.3 Å². The molecule has 1 aromatic carbocycles. The molecule has 6 heteroatoms. The second kappa shape index (κ2) is 5.63. The van der Waals surface area contributed by atoms with E-state index in [-0.39, 0.29) is 17.0 Å². The van der Waals surface area contributed by atoms with Crippen LogP contribution in [0.25, 0.3) is 0 Å². The van der Waals surface area contributed by atoms with Crippen molar-refractivity contribution in [1.29, 1.82) is 0 Å². The number of carbonyl (C=O) groups excluding carboxylic acids is 1. The van der Waals surface area contributed by atoms with E-state index < -0.39 is 10.3 Å². The van der Waals surface area contributed by atoms with E-state index in [2.05, 4.69) is 0 Å². The van der Waals surface area contributed by atoms with E-state index in [1.54, 1.807) is 6.92 Å². The average Bonchev–Trinajstić information content (AvgIpc) is 2.28. The van der Waals surface area contributed by atoms with E-state index in [1.165, 1.54) is 25.1 Å². The van der Waals surface area contributed by atoms with Gasteiger partial charge in [-0.1, -0.05) is 0 Å². The van der Waals surface area contributed by atoms with Crippen LogP contribution in [0.5, 0.6) is 5.75 Å².